The third kappa shape index (κ3) is 3.39. The fourth-order valence-electron chi connectivity index (χ4n) is 3.32. The number of rotatable bonds is 4. The molecule has 29 heavy (non-hydrogen) atoms. The van der Waals surface area contributed by atoms with Gasteiger partial charge in [0.1, 0.15) is 4.88 Å². The minimum absolute atomic E-state index is 0.493. The van der Waals surface area contributed by atoms with Crippen LogP contribution in [0.25, 0.3) is 39.0 Å². The standard InChI is InChI=1S/C23H16ClN3OS/c1-15-6-4-7-16(12-15)19-14-29-21(20(19)27-10-2-3-11-27)23-25-22(26-28-23)17-8-5-9-18(24)13-17/h2-14H,1H3. The van der Waals surface area contributed by atoms with Crippen molar-refractivity contribution in [3.8, 4) is 39.0 Å². The molecule has 4 nitrogen and oxygen atoms in total. The van der Waals surface area contributed by atoms with Gasteiger partial charge in [-0.2, -0.15) is 4.98 Å². The second-order valence-corrected chi connectivity index (χ2v) is 8.04. The predicted octanol–water partition coefficient (Wildman–Crippen LogP) is 6.88. The third-order valence-corrected chi connectivity index (χ3v) is 5.85. The highest BCUT2D eigenvalue weighted by molar-refractivity contribution is 7.14. The lowest BCUT2D eigenvalue weighted by Gasteiger charge is -2.08. The molecule has 0 aliphatic rings. The van der Waals surface area contributed by atoms with Crippen molar-refractivity contribution >= 4 is 22.9 Å². The summed E-state index contributed by atoms with van der Waals surface area (Å²) in [5.74, 6) is 1.01. The first-order valence-electron chi connectivity index (χ1n) is 9.11. The van der Waals surface area contributed by atoms with E-state index in [0.29, 0.717) is 16.7 Å². The van der Waals surface area contributed by atoms with Crippen LogP contribution in [0.4, 0.5) is 0 Å². The summed E-state index contributed by atoms with van der Waals surface area (Å²) < 4.78 is 7.74. The zero-order chi connectivity index (χ0) is 19.8. The van der Waals surface area contributed by atoms with Gasteiger partial charge < -0.3 is 9.09 Å². The monoisotopic (exact) mass is 417 g/mol. The number of halogens is 1. The smallest absolute Gasteiger partial charge is 0.270 e. The van der Waals surface area contributed by atoms with E-state index >= 15 is 0 Å². The molecular weight excluding hydrogens is 402 g/mol. The summed E-state index contributed by atoms with van der Waals surface area (Å²) in [6.07, 6.45) is 4.05. The molecule has 0 bridgehead atoms. The van der Waals surface area contributed by atoms with Gasteiger partial charge >= 0.3 is 0 Å². The van der Waals surface area contributed by atoms with Crippen LogP contribution < -0.4 is 0 Å². The van der Waals surface area contributed by atoms with Crippen LogP contribution in [-0.2, 0) is 0 Å². The van der Waals surface area contributed by atoms with Gasteiger partial charge in [-0.1, -0.05) is 58.7 Å². The Labute approximate surface area is 177 Å². The van der Waals surface area contributed by atoms with Crippen LogP contribution in [0.2, 0.25) is 5.02 Å². The van der Waals surface area contributed by atoms with Gasteiger partial charge in [0.05, 0.1) is 5.69 Å². The Kier molecular flexibility index (Phi) is 4.54. The van der Waals surface area contributed by atoms with Gasteiger partial charge in [0, 0.05) is 33.9 Å². The minimum atomic E-state index is 0.493. The average molecular weight is 418 g/mol. The van der Waals surface area contributed by atoms with Gasteiger partial charge in [0.25, 0.3) is 5.89 Å². The maximum absolute atomic E-state index is 6.11. The number of benzene rings is 2. The Morgan fingerprint density at radius 2 is 1.76 bits per heavy atom. The molecule has 142 valence electrons. The molecule has 0 aliphatic heterocycles. The van der Waals surface area contributed by atoms with Gasteiger partial charge in [-0.3, -0.25) is 0 Å². The normalized spacial score (nSPS) is 11.1. The van der Waals surface area contributed by atoms with Crippen LogP contribution in [0, 0.1) is 6.92 Å². The van der Waals surface area contributed by atoms with E-state index in [1.165, 1.54) is 5.56 Å². The lowest BCUT2D eigenvalue weighted by molar-refractivity contribution is 0.433. The summed E-state index contributed by atoms with van der Waals surface area (Å²) in [4.78, 5) is 5.58. The fraction of sp³-hybridized carbons (Fsp3) is 0.0435. The second kappa shape index (κ2) is 7.35. The van der Waals surface area contributed by atoms with Crippen LogP contribution in [-0.4, -0.2) is 14.7 Å². The van der Waals surface area contributed by atoms with E-state index in [2.05, 4.69) is 51.3 Å². The van der Waals surface area contributed by atoms with E-state index in [4.69, 9.17) is 16.1 Å². The number of hydrogen-bond donors (Lipinski definition) is 0. The van der Waals surface area contributed by atoms with Crippen molar-refractivity contribution in [2.45, 2.75) is 6.92 Å². The van der Waals surface area contributed by atoms with Crippen molar-refractivity contribution in [3.05, 3.63) is 89.0 Å². The van der Waals surface area contributed by atoms with Gasteiger partial charge in [-0.05, 0) is 36.8 Å². The Bertz CT molecular complexity index is 1290. The van der Waals surface area contributed by atoms with Crippen molar-refractivity contribution in [2.24, 2.45) is 0 Å². The largest absolute Gasteiger partial charge is 0.333 e. The Morgan fingerprint density at radius 3 is 2.55 bits per heavy atom. The van der Waals surface area contributed by atoms with Gasteiger partial charge in [0.2, 0.25) is 5.82 Å². The average Bonchev–Trinajstić information content (AvgIpc) is 3.46. The van der Waals surface area contributed by atoms with Gasteiger partial charge in [-0.15, -0.1) is 11.3 Å². The highest BCUT2D eigenvalue weighted by atomic mass is 35.5. The molecule has 0 spiro atoms. The summed E-state index contributed by atoms with van der Waals surface area (Å²) in [6, 6.07) is 19.9. The molecule has 0 saturated heterocycles. The Hall–Kier alpha value is -3.15. The number of hydrogen-bond acceptors (Lipinski definition) is 4. The van der Waals surface area contributed by atoms with Crippen LogP contribution in [0.5, 0.6) is 0 Å². The van der Waals surface area contributed by atoms with E-state index in [9.17, 15) is 0 Å². The third-order valence-electron chi connectivity index (χ3n) is 4.66. The molecule has 3 aromatic heterocycles. The van der Waals surface area contributed by atoms with Gasteiger partial charge in [0.15, 0.2) is 0 Å². The maximum Gasteiger partial charge on any atom is 0.270 e. The SMILES string of the molecule is Cc1cccc(-c2csc(-c3nc(-c4cccc(Cl)c4)no3)c2-n2cccc2)c1. The van der Waals surface area contributed by atoms with E-state index in [1.54, 1.807) is 11.3 Å². The molecule has 5 aromatic rings. The van der Waals surface area contributed by atoms with Crippen molar-refractivity contribution in [3.63, 3.8) is 0 Å². The summed E-state index contributed by atoms with van der Waals surface area (Å²) >= 11 is 7.70. The summed E-state index contributed by atoms with van der Waals surface area (Å²) in [5.41, 5.74) is 5.37. The molecule has 0 saturated carbocycles. The second-order valence-electron chi connectivity index (χ2n) is 6.72. The minimum Gasteiger partial charge on any atom is -0.333 e. The lowest BCUT2D eigenvalue weighted by atomic mass is 10.0. The van der Waals surface area contributed by atoms with E-state index in [1.807, 2.05) is 48.8 Å². The molecule has 5 rings (SSSR count). The molecule has 0 aliphatic carbocycles. The van der Waals surface area contributed by atoms with Crippen LogP contribution in [0.1, 0.15) is 5.56 Å². The molecule has 0 amide bonds. The molecule has 0 N–H and O–H groups in total. The Balaban J connectivity index is 1.65. The Morgan fingerprint density at radius 1 is 0.966 bits per heavy atom. The van der Waals surface area contributed by atoms with Crippen molar-refractivity contribution in [2.75, 3.05) is 0 Å². The van der Waals surface area contributed by atoms with Crippen molar-refractivity contribution in [1.29, 1.82) is 0 Å². The number of thiophene rings is 1. The van der Waals surface area contributed by atoms with Crippen LogP contribution in [0.3, 0.4) is 0 Å². The number of aryl methyl sites for hydroxylation is 1. The highest BCUT2D eigenvalue weighted by Gasteiger charge is 2.21. The first-order chi connectivity index (χ1) is 14.2. The fourth-order valence-corrected chi connectivity index (χ4v) is 4.51. The molecule has 0 radical (unpaired) electrons. The summed E-state index contributed by atoms with van der Waals surface area (Å²) in [7, 11) is 0. The molecule has 2 aromatic carbocycles. The highest BCUT2D eigenvalue weighted by Crippen LogP contribution is 2.41. The van der Waals surface area contributed by atoms with Crippen molar-refractivity contribution in [1.82, 2.24) is 14.7 Å². The van der Waals surface area contributed by atoms with Crippen LogP contribution >= 0.6 is 22.9 Å². The maximum atomic E-state index is 6.11. The quantitative estimate of drug-likeness (QED) is 0.320. The molecule has 0 unspecified atom stereocenters. The summed E-state index contributed by atoms with van der Waals surface area (Å²) in [5, 5.41) is 6.96. The lowest BCUT2D eigenvalue weighted by Crippen LogP contribution is -1.93. The van der Waals surface area contributed by atoms with Crippen molar-refractivity contribution < 1.29 is 4.52 Å². The van der Waals surface area contributed by atoms with Crippen LogP contribution in [0.15, 0.2) is 83.0 Å². The van der Waals surface area contributed by atoms with E-state index in [0.717, 1.165) is 27.3 Å². The molecule has 0 fully saturated rings. The number of nitrogens with zero attached hydrogens (tertiary/aromatic N) is 3. The topological polar surface area (TPSA) is 43.9 Å². The predicted molar refractivity (Wildman–Crippen MR) is 118 cm³/mol. The summed E-state index contributed by atoms with van der Waals surface area (Å²) in [6.45, 7) is 2.10. The molecule has 3 heterocycles. The van der Waals surface area contributed by atoms with E-state index < -0.39 is 0 Å². The van der Waals surface area contributed by atoms with E-state index in [-0.39, 0.29) is 0 Å². The number of aromatic nitrogens is 3. The molecule has 6 heteroatoms. The first kappa shape index (κ1) is 17.9. The zero-order valence-electron chi connectivity index (χ0n) is 15.5. The first-order valence-corrected chi connectivity index (χ1v) is 10.4. The molecule has 0 atom stereocenters. The van der Waals surface area contributed by atoms with Gasteiger partial charge in [-0.25, -0.2) is 0 Å². The zero-order valence-corrected chi connectivity index (χ0v) is 17.1. The molecular formula is C23H16ClN3OS.